The Balaban J connectivity index is 3.30. The van der Waals surface area contributed by atoms with Crippen molar-refractivity contribution in [3.05, 3.63) is 33.9 Å². The lowest BCUT2D eigenvalue weighted by molar-refractivity contribution is 0.402. The summed E-state index contributed by atoms with van der Waals surface area (Å²) < 4.78 is 0. The minimum atomic E-state index is 0.351. The highest BCUT2D eigenvalue weighted by atomic mass is 14.3. The van der Waals surface area contributed by atoms with Crippen molar-refractivity contribution in [3.8, 4) is 0 Å². The van der Waals surface area contributed by atoms with Crippen molar-refractivity contribution in [3.63, 3.8) is 0 Å². The van der Waals surface area contributed by atoms with Crippen molar-refractivity contribution in [2.45, 2.75) is 75.2 Å². The summed E-state index contributed by atoms with van der Waals surface area (Å²) >= 11 is 0. The molecule has 0 heterocycles. The Morgan fingerprint density at radius 3 is 1.26 bits per heavy atom. The van der Waals surface area contributed by atoms with Crippen LogP contribution in [0.1, 0.15) is 69.4 Å². The van der Waals surface area contributed by atoms with Crippen LogP contribution in [-0.4, -0.2) is 0 Å². The van der Waals surface area contributed by atoms with Crippen molar-refractivity contribution in [2.24, 2.45) is 10.8 Å². The molecule has 0 fully saturated rings. The second-order valence-electron chi connectivity index (χ2n) is 8.57. The van der Waals surface area contributed by atoms with Crippen LogP contribution in [-0.2, 0) is 12.8 Å². The molecule has 0 N–H and O–H groups in total. The summed E-state index contributed by atoms with van der Waals surface area (Å²) in [4.78, 5) is 0. The smallest absolute Gasteiger partial charge is 0.0225 e. The molecule has 19 heavy (non-hydrogen) atoms. The van der Waals surface area contributed by atoms with Gasteiger partial charge in [0.15, 0.2) is 0 Å². The number of benzene rings is 1. The first-order valence-corrected chi connectivity index (χ1v) is 7.49. The molecule has 1 aromatic carbocycles. The molecule has 0 aliphatic rings. The zero-order valence-electron chi connectivity index (χ0n) is 14.5. The zero-order chi connectivity index (χ0) is 15.0. The molecule has 0 saturated heterocycles. The van der Waals surface area contributed by atoms with Crippen LogP contribution in [0.5, 0.6) is 0 Å². The van der Waals surface area contributed by atoms with Gasteiger partial charge >= 0.3 is 0 Å². The average Bonchev–Trinajstić information content (AvgIpc) is 2.16. The monoisotopic (exact) mass is 260 g/mol. The van der Waals surface area contributed by atoms with Gasteiger partial charge in [-0.25, -0.2) is 0 Å². The summed E-state index contributed by atoms with van der Waals surface area (Å²) in [7, 11) is 0. The highest BCUT2D eigenvalue weighted by Gasteiger charge is 2.20. The Hall–Kier alpha value is -0.780. The largest absolute Gasteiger partial charge is 0.0599 e. The number of aryl methyl sites for hydroxylation is 2. The van der Waals surface area contributed by atoms with Crippen LogP contribution in [0.25, 0.3) is 0 Å². The van der Waals surface area contributed by atoms with E-state index in [1.165, 1.54) is 29.5 Å². The topological polar surface area (TPSA) is 0 Å². The molecule has 0 aliphatic heterocycles. The molecule has 0 saturated carbocycles. The fraction of sp³-hybridized carbons (Fsp3) is 0.684. The zero-order valence-corrected chi connectivity index (χ0v) is 14.5. The van der Waals surface area contributed by atoms with E-state index in [4.69, 9.17) is 0 Å². The van der Waals surface area contributed by atoms with E-state index < -0.39 is 0 Å². The van der Waals surface area contributed by atoms with Gasteiger partial charge in [-0.05, 0) is 72.3 Å². The van der Waals surface area contributed by atoms with E-state index in [-0.39, 0.29) is 0 Å². The maximum absolute atomic E-state index is 2.38. The number of rotatable bonds is 2. The van der Waals surface area contributed by atoms with Crippen molar-refractivity contribution in [2.75, 3.05) is 0 Å². The third-order valence-electron chi connectivity index (χ3n) is 3.70. The van der Waals surface area contributed by atoms with Gasteiger partial charge in [0.25, 0.3) is 0 Å². The second-order valence-corrected chi connectivity index (χ2v) is 8.57. The van der Waals surface area contributed by atoms with Gasteiger partial charge in [-0.2, -0.15) is 0 Å². The van der Waals surface area contributed by atoms with Crippen LogP contribution in [0, 0.1) is 31.6 Å². The van der Waals surface area contributed by atoms with Crippen molar-refractivity contribution < 1.29 is 0 Å². The SMILES string of the molecule is Cc1cc(C)c(CC(C)(C)C)c(C)c1CC(C)(C)C. The molecule has 0 radical (unpaired) electrons. The van der Waals surface area contributed by atoms with Crippen LogP contribution in [0.3, 0.4) is 0 Å². The molecule has 1 rings (SSSR count). The predicted octanol–water partition coefficient (Wildman–Crippen LogP) is 5.79. The molecule has 108 valence electrons. The lowest BCUT2D eigenvalue weighted by Crippen LogP contribution is -2.16. The van der Waals surface area contributed by atoms with Crippen LogP contribution in [0.2, 0.25) is 0 Å². The average molecular weight is 260 g/mol. The van der Waals surface area contributed by atoms with Crippen LogP contribution in [0.4, 0.5) is 0 Å². The van der Waals surface area contributed by atoms with E-state index in [1.807, 2.05) is 0 Å². The Labute approximate surface area is 120 Å². The summed E-state index contributed by atoms with van der Waals surface area (Å²) in [6.07, 6.45) is 2.34. The Kier molecular flexibility index (Phi) is 4.55. The van der Waals surface area contributed by atoms with Gasteiger partial charge in [0, 0.05) is 0 Å². The predicted molar refractivity (Wildman–Crippen MR) is 87.0 cm³/mol. The molecule has 0 aromatic heterocycles. The quantitative estimate of drug-likeness (QED) is 0.631. The summed E-state index contributed by atoms with van der Waals surface area (Å²) in [6.45, 7) is 20.8. The minimum absolute atomic E-state index is 0.351. The summed E-state index contributed by atoms with van der Waals surface area (Å²) in [5.41, 5.74) is 8.29. The number of hydrogen-bond donors (Lipinski definition) is 0. The molecule has 0 spiro atoms. The van der Waals surface area contributed by atoms with Crippen molar-refractivity contribution in [1.29, 1.82) is 0 Å². The van der Waals surface area contributed by atoms with E-state index >= 15 is 0 Å². The molecule has 0 unspecified atom stereocenters. The molecular weight excluding hydrogens is 228 g/mol. The van der Waals surface area contributed by atoms with Crippen molar-refractivity contribution in [1.82, 2.24) is 0 Å². The van der Waals surface area contributed by atoms with Crippen LogP contribution >= 0.6 is 0 Å². The maximum Gasteiger partial charge on any atom is -0.0225 e. The van der Waals surface area contributed by atoms with E-state index in [0.717, 1.165) is 0 Å². The molecule has 0 heteroatoms. The number of hydrogen-bond acceptors (Lipinski definition) is 0. The third-order valence-corrected chi connectivity index (χ3v) is 3.70. The third kappa shape index (κ3) is 4.67. The van der Waals surface area contributed by atoms with Gasteiger partial charge in [0.05, 0.1) is 0 Å². The Morgan fingerprint density at radius 2 is 1.00 bits per heavy atom. The first-order chi connectivity index (χ1) is 8.41. The lowest BCUT2D eigenvalue weighted by Gasteiger charge is -2.27. The van der Waals surface area contributed by atoms with E-state index in [2.05, 4.69) is 68.4 Å². The van der Waals surface area contributed by atoms with Gasteiger partial charge in [-0.15, -0.1) is 0 Å². The van der Waals surface area contributed by atoms with E-state index in [9.17, 15) is 0 Å². The first-order valence-electron chi connectivity index (χ1n) is 7.49. The standard InChI is InChI=1S/C19H32/c1-13-10-14(2)17(12-19(7,8)9)15(3)16(13)11-18(4,5)6/h10H,11-12H2,1-9H3. The van der Waals surface area contributed by atoms with E-state index in [0.29, 0.717) is 10.8 Å². The van der Waals surface area contributed by atoms with Crippen LogP contribution in [0.15, 0.2) is 6.07 Å². The van der Waals surface area contributed by atoms with Crippen LogP contribution < -0.4 is 0 Å². The maximum atomic E-state index is 2.38. The van der Waals surface area contributed by atoms with Crippen molar-refractivity contribution >= 4 is 0 Å². The lowest BCUT2D eigenvalue weighted by atomic mass is 9.78. The van der Waals surface area contributed by atoms with Gasteiger partial charge in [-0.1, -0.05) is 47.6 Å². The molecule has 0 nitrogen and oxygen atoms in total. The molecule has 0 atom stereocenters. The minimum Gasteiger partial charge on any atom is -0.0599 e. The Bertz CT molecular complexity index is 410. The molecule has 0 amide bonds. The highest BCUT2D eigenvalue weighted by molar-refractivity contribution is 5.45. The van der Waals surface area contributed by atoms with E-state index in [1.54, 1.807) is 11.1 Å². The highest BCUT2D eigenvalue weighted by Crippen LogP contribution is 2.32. The second kappa shape index (κ2) is 5.31. The Morgan fingerprint density at radius 1 is 0.684 bits per heavy atom. The molecule has 0 bridgehead atoms. The molecule has 1 aromatic rings. The first kappa shape index (κ1) is 16.3. The summed E-state index contributed by atoms with van der Waals surface area (Å²) in [6, 6.07) is 2.38. The summed E-state index contributed by atoms with van der Waals surface area (Å²) in [5, 5.41) is 0. The fourth-order valence-electron chi connectivity index (χ4n) is 2.88. The summed E-state index contributed by atoms with van der Waals surface area (Å²) in [5.74, 6) is 0. The van der Waals surface area contributed by atoms with Gasteiger partial charge in [-0.3, -0.25) is 0 Å². The molecular formula is C19H32. The van der Waals surface area contributed by atoms with Gasteiger partial charge in [0.2, 0.25) is 0 Å². The normalized spacial score (nSPS) is 12.9. The van der Waals surface area contributed by atoms with Gasteiger partial charge in [0.1, 0.15) is 0 Å². The van der Waals surface area contributed by atoms with Gasteiger partial charge < -0.3 is 0 Å². The molecule has 0 aliphatic carbocycles. The fourth-order valence-corrected chi connectivity index (χ4v) is 2.88.